The Morgan fingerprint density at radius 1 is 1.47 bits per heavy atom. The highest BCUT2D eigenvalue weighted by atomic mass is 79.9. The number of hydrogen-bond donors (Lipinski definition) is 2. The van der Waals surface area contributed by atoms with Crippen molar-refractivity contribution in [2.45, 2.75) is 23.9 Å². The Kier molecular flexibility index (Phi) is 4.84. The Morgan fingerprint density at radius 2 is 2.16 bits per heavy atom. The zero-order valence-corrected chi connectivity index (χ0v) is 12.9. The molecule has 0 saturated heterocycles. The van der Waals surface area contributed by atoms with E-state index in [4.69, 9.17) is 5.73 Å². The highest BCUT2D eigenvalue weighted by Crippen LogP contribution is 2.33. The van der Waals surface area contributed by atoms with Gasteiger partial charge in [0, 0.05) is 22.8 Å². The number of benzene rings is 1. The van der Waals surface area contributed by atoms with E-state index in [9.17, 15) is 4.79 Å². The maximum Gasteiger partial charge on any atom is 0.343 e. The minimum atomic E-state index is -0.184. The second kappa shape index (κ2) is 6.40. The van der Waals surface area contributed by atoms with Crippen molar-refractivity contribution in [3.05, 3.63) is 44.8 Å². The fourth-order valence-electron chi connectivity index (χ4n) is 1.73. The van der Waals surface area contributed by atoms with Crippen molar-refractivity contribution in [3.63, 3.8) is 0 Å². The van der Waals surface area contributed by atoms with Crippen LogP contribution in [-0.2, 0) is 6.54 Å². The molecule has 0 bridgehead atoms. The van der Waals surface area contributed by atoms with Crippen molar-refractivity contribution in [2.24, 2.45) is 5.73 Å². The molecule has 1 aromatic heterocycles. The van der Waals surface area contributed by atoms with Crippen LogP contribution in [0.2, 0.25) is 0 Å². The number of aromatic nitrogens is 3. The molecule has 1 atom stereocenters. The molecule has 1 heterocycles. The predicted octanol–water partition coefficient (Wildman–Crippen LogP) is 2.15. The number of hydrogen-bond acceptors (Lipinski definition) is 4. The molecule has 1 unspecified atom stereocenters. The minimum absolute atomic E-state index is 0.0774. The maximum atomic E-state index is 11.5. The van der Waals surface area contributed by atoms with Crippen LogP contribution in [-0.4, -0.2) is 21.3 Å². The van der Waals surface area contributed by atoms with Gasteiger partial charge in [0.2, 0.25) is 0 Å². The maximum absolute atomic E-state index is 11.5. The largest absolute Gasteiger partial charge is 0.343 e. The molecule has 0 saturated carbocycles. The second-order valence-electron chi connectivity index (χ2n) is 3.95. The molecule has 5 nitrogen and oxygen atoms in total. The number of rotatable bonds is 5. The van der Waals surface area contributed by atoms with Gasteiger partial charge in [-0.1, -0.05) is 39.8 Å². The van der Waals surface area contributed by atoms with Crippen LogP contribution < -0.4 is 11.4 Å². The zero-order chi connectivity index (χ0) is 13.8. The van der Waals surface area contributed by atoms with Crippen molar-refractivity contribution in [2.75, 3.05) is 6.54 Å². The van der Waals surface area contributed by atoms with Crippen LogP contribution in [0.5, 0.6) is 0 Å². The second-order valence-corrected chi connectivity index (χ2v) is 6.03. The van der Waals surface area contributed by atoms with Crippen molar-refractivity contribution < 1.29 is 0 Å². The molecule has 2 rings (SSSR count). The van der Waals surface area contributed by atoms with Crippen LogP contribution in [0.1, 0.15) is 17.7 Å². The molecular weight excluding hydrogens is 328 g/mol. The Morgan fingerprint density at radius 3 is 2.74 bits per heavy atom. The Hall–Kier alpha value is -1.05. The van der Waals surface area contributed by atoms with E-state index in [-0.39, 0.29) is 10.9 Å². The van der Waals surface area contributed by atoms with Crippen LogP contribution in [0.3, 0.4) is 0 Å². The first kappa shape index (κ1) is 14.4. The third kappa shape index (κ3) is 3.29. The van der Waals surface area contributed by atoms with Gasteiger partial charge in [-0.05, 0) is 24.6 Å². The lowest BCUT2D eigenvalue weighted by molar-refractivity contribution is 0.658. The molecule has 3 N–H and O–H groups in total. The van der Waals surface area contributed by atoms with E-state index >= 15 is 0 Å². The van der Waals surface area contributed by atoms with Gasteiger partial charge in [-0.25, -0.2) is 9.89 Å². The number of H-pyrrole nitrogens is 1. The van der Waals surface area contributed by atoms with E-state index in [2.05, 4.69) is 26.1 Å². The van der Waals surface area contributed by atoms with Gasteiger partial charge in [-0.15, -0.1) is 5.10 Å². The SMILES string of the molecule is CCn1c(SC(CN)c2ccc(Br)cc2)n[nH]c1=O. The van der Waals surface area contributed by atoms with Crippen LogP contribution in [0, 0.1) is 0 Å². The average molecular weight is 343 g/mol. The molecule has 1 aromatic carbocycles. The number of aromatic amines is 1. The first-order valence-corrected chi connectivity index (χ1v) is 7.60. The molecule has 102 valence electrons. The molecule has 0 aliphatic carbocycles. The summed E-state index contributed by atoms with van der Waals surface area (Å²) in [5.74, 6) is 0. The first-order chi connectivity index (χ1) is 9.15. The first-order valence-electron chi connectivity index (χ1n) is 5.93. The lowest BCUT2D eigenvalue weighted by Crippen LogP contribution is -2.17. The summed E-state index contributed by atoms with van der Waals surface area (Å²) in [6, 6.07) is 8.01. The van der Waals surface area contributed by atoms with Gasteiger partial charge in [-0.3, -0.25) is 4.57 Å². The van der Waals surface area contributed by atoms with Crippen LogP contribution in [0.15, 0.2) is 38.7 Å². The van der Waals surface area contributed by atoms with E-state index in [0.29, 0.717) is 18.2 Å². The summed E-state index contributed by atoms with van der Waals surface area (Å²) in [4.78, 5) is 11.5. The summed E-state index contributed by atoms with van der Waals surface area (Å²) in [6.45, 7) is 2.99. The summed E-state index contributed by atoms with van der Waals surface area (Å²) in [5.41, 5.74) is 6.77. The van der Waals surface area contributed by atoms with Crippen LogP contribution in [0.4, 0.5) is 0 Å². The van der Waals surface area contributed by atoms with Gasteiger partial charge in [0.1, 0.15) is 0 Å². The lowest BCUT2D eigenvalue weighted by atomic mass is 10.1. The quantitative estimate of drug-likeness (QED) is 0.816. The van der Waals surface area contributed by atoms with Gasteiger partial charge in [-0.2, -0.15) is 0 Å². The van der Waals surface area contributed by atoms with E-state index in [1.807, 2.05) is 31.2 Å². The number of thioether (sulfide) groups is 1. The van der Waals surface area contributed by atoms with Crippen molar-refractivity contribution in [1.29, 1.82) is 0 Å². The van der Waals surface area contributed by atoms with Crippen LogP contribution >= 0.6 is 27.7 Å². The normalized spacial score (nSPS) is 12.6. The fraction of sp³-hybridized carbons (Fsp3) is 0.333. The fourth-order valence-corrected chi connectivity index (χ4v) is 3.07. The molecule has 0 fully saturated rings. The van der Waals surface area contributed by atoms with Gasteiger partial charge in [0.05, 0.1) is 0 Å². The standard InChI is InChI=1S/C12H15BrN4OS/c1-2-17-11(18)15-16-12(17)19-10(7-14)8-3-5-9(13)6-4-8/h3-6,10H,2,7,14H2,1H3,(H,15,18). The molecule has 0 aliphatic heterocycles. The Balaban J connectivity index is 2.23. The molecule has 19 heavy (non-hydrogen) atoms. The molecule has 0 aliphatic rings. The summed E-state index contributed by atoms with van der Waals surface area (Å²) in [6.07, 6.45) is 0. The Bertz CT molecular complexity index is 593. The van der Waals surface area contributed by atoms with Gasteiger partial charge >= 0.3 is 5.69 Å². The summed E-state index contributed by atoms with van der Waals surface area (Å²) in [5, 5.41) is 7.26. The van der Waals surface area contributed by atoms with E-state index in [0.717, 1.165) is 10.0 Å². The highest BCUT2D eigenvalue weighted by Gasteiger charge is 2.16. The van der Waals surface area contributed by atoms with E-state index in [1.54, 1.807) is 4.57 Å². The molecule has 7 heteroatoms. The lowest BCUT2D eigenvalue weighted by Gasteiger charge is -2.14. The number of nitrogens with one attached hydrogen (secondary N) is 1. The topological polar surface area (TPSA) is 76.7 Å². The van der Waals surface area contributed by atoms with Crippen molar-refractivity contribution >= 4 is 27.7 Å². The van der Waals surface area contributed by atoms with Crippen molar-refractivity contribution in [3.8, 4) is 0 Å². The molecule has 0 spiro atoms. The molecule has 0 radical (unpaired) electrons. The number of nitrogens with two attached hydrogens (primary N) is 1. The Labute approximate surface area is 123 Å². The third-order valence-corrected chi connectivity index (χ3v) is 4.54. The van der Waals surface area contributed by atoms with Gasteiger partial charge in [0.15, 0.2) is 5.16 Å². The summed E-state index contributed by atoms with van der Waals surface area (Å²) in [7, 11) is 0. The van der Waals surface area contributed by atoms with Gasteiger partial charge < -0.3 is 5.73 Å². The smallest absolute Gasteiger partial charge is 0.329 e. The van der Waals surface area contributed by atoms with Gasteiger partial charge in [0.25, 0.3) is 0 Å². The predicted molar refractivity (Wildman–Crippen MR) is 80.3 cm³/mol. The molecular formula is C12H15BrN4OS. The summed E-state index contributed by atoms with van der Waals surface area (Å²) >= 11 is 4.91. The van der Waals surface area contributed by atoms with Crippen LogP contribution in [0.25, 0.3) is 0 Å². The third-order valence-electron chi connectivity index (χ3n) is 2.74. The van der Waals surface area contributed by atoms with E-state index < -0.39 is 0 Å². The zero-order valence-electron chi connectivity index (χ0n) is 10.5. The molecule has 0 amide bonds. The average Bonchev–Trinajstić information content (AvgIpc) is 2.77. The number of halogens is 1. The minimum Gasteiger partial charge on any atom is -0.329 e. The van der Waals surface area contributed by atoms with Crippen molar-refractivity contribution in [1.82, 2.24) is 14.8 Å². The highest BCUT2D eigenvalue weighted by molar-refractivity contribution is 9.10. The number of nitrogens with zero attached hydrogens (tertiary/aromatic N) is 2. The van der Waals surface area contributed by atoms with E-state index in [1.165, 1.54) is 11.8 Å². The summed E-state index contributed by atoms with van der Waals surface area (Å²) < 4.78 is 2.63. The monoisotopic (exact) mass is 342 g/mol. The molecule has 2 aromatic rings.